The van der Waals surface area contributed by atoms with Crippen LogP contribution in [0.5, 0.6) is 0 Å². The van der Waals surface area contributed by atoms with Crippen molar-refractivity contribution in [3.63, 3.8) is 0 Å². The van der Waals surface area contributed by atoms with Gasteiger partial charge in [-0.15, -0.1) is 0 Å². The van der Waals surface area contributed by atoms with Crippen molar-refractivity contribution in [3.05, 3.63) is 47.2 Å². The molecule has 0 spiro atoms. The van der Waals surface area contributed by atoms with Gasteiger partial charge in [0.2, 0.25) is 0 Å². The topological polar surface area (TPSA) is 59.1 Å². The van der Waals surface area contributed by atoms with E-state index in [9.17, 15) is 18.4 Å². The number of Topliss-reactive ketones (excluding diaryl/α,β-unsaturated/α-hetero) is 1. The maximum atomic E-state index is 13.5. The van der Waals surface area contributed by atoms with Crippen LogP contribution in [0.3, 0.4) is 0 Å². The van der Waals surface area contributed by atoms with E-state index in [1.807, 2.05) is 0 Å². The summed E-state index contributed by atoms with van der Waals surface area (Å²) in [6.07, 6.45) is 3.09. The van der Waals surface area contributed by atoms with E-state index in [4.69, 9.17) is 0 Å². The fourth-order valence-corrected chi connectivity index (χ4v) is 1.93. The summed E-state index contributed by atoms with van der Waals surface area (Å²) < 4.78 is 27.0. The number of anilines is 1. The van der Waals surface area contributed by atoms with E-state index in [1.165, 1.54) is 24.4 Å². The summed E-state index contributed by atoms with van der Waals surface area (Å²) in [5, 5.41) is 2.32. The van der Waals surface area contributed by atoms with Gasteiger partial charge >= 0.3 is 0 Å². The molecule has 6 heteroatoms. The van der Waals surface area contributed by atoms with Crippen LogP contribution in [0.1, 0.15) is 36.5 Å². The Morgan fingerprint density at radius 3 is 2.67 bits per heavy atom. The minimum Gasteiger partial charge on any atom is -0.306 e. The lowest BCUT2D eigenvalue weighted by Gasteiger charge is -2.12. The molecule has 1 aromatic rings. The van der Waals surface area contributed by atoms with E-state index in [0.29, 0.717) is 12.0 Å². The highest BCUT2D eigenvalue weighted by atomic mass is 19.1. The molecule has 1 aromatic heterocycles. The summed E-state index contributed by atoms with van der Waals surface area (Å²) in [4.78, 5) is 27.2. The molecule has 4 nitrogen and oxygen atoms in total. The Morgan fingerprint density at radius 1 is 1.33 bits per heavy atom. The second kappa shape index (κ2) is 6.39. The van der Waals surface area contributed by atoms with Gasteiger partial charge in [0.05, 0.1) is 0 Å². The molecule has 0 aromatic carbocycles. The SMILES string of the molecule is CCC(=O)c1ccc(NC(=O)C2=C(F)CCC=C2F)nc1. The van der Waals surface area contributed by atoms with Crippen LogP contribution >= 0.6 is 0 Å². The van der Waals surface area contributed by atoms with Gasteiger partial charge in [0.1, 0.15) is 23.0 Å². The molecule has 2 rings (SSSR count). The molecule has 0 saturated heterocycles. The second-order valence-corrected chi connectivity index (χ2v) is 4.53. The first-order chi connectivity index (χ1) is 10.0. The molecule has 0 aliphatic heterocycles. The summed E-state index contributed by atoms with van der Waals surface area (Å²) in [5.74, 6) is -2.47. The molecule has 0 bridgehead atoms. The van der Waals surface area contributed by atoms with Crippen LogP contribution in [0.15, 0.2) is 41.6 Å². The smallest absolute Gasteiger partial charge is 0.262 e. The molecule has 110 valence electrons. The number of carbonyl (C=O) groups is 2. The highest BCUT2D eigenvalue weighted by Crippen LogP contribution is 2.27. The largest absolute Gasteiger partial charge is 0.306 e. The van der Waals surface area contributed by atoms with Crippen molar-refractivity contribution in [2.45, 2.75) is 26.2 Å². The van der Waals surface area contributed by atoms with Crippen LogP contribution in [0.25, 0.3) is 0 Å². The van der Waals surface area contributed by atoms with Crippen LogP contribution in [0, 0.1) is 0 Å². The van der Waals surface area contributed by atoms with E-state index in [0.717, 1.165) is 0 Å². The molecule has 0 radical (unpaired) electrons. The van der Waals surface area contributed by atoms with Crippen molar-refractivity contribution in [1.29, 1.82) is 0 Å². The second-order valence-electron chi connectivity index (χ2n) is 4.53. The first-order valence-electron chi connectivity index (χ1n) is 6.58. The number of amides is 1. The molecule has 21 heavy (non-hydrogen) atoms. The normalized spacial score (nSPS) is 14.7. The number of allylic oxidation sites excluding steroid dienone is 2. The average Bonchev–Trinajstić information content (AvgIpc) is 2.47. The average molecular weight is 292 g/mol. The molecule has 0 saturated carbocycles. The number of aromatic nitrogens is 1. The van der Waals surface area contributed by atoms with Crippen molar-refractivity contribution in [3.8, 4) is 0 Å². The first-order valence-corrected chi connectivity index (χ1v) is 6.58. The number of hydrogen-bond acceptors (Lipinski definition) is 3. The summed E-state index contributed by atoms with van der Waals surface area (Å²) in [6.45, 7) is 1.73. The highest BCUT2D eigenvalue weighted by molar-refractivity contribution is 6.06. The first kappa shape index (κ1) is 15.0. The Kier molecular flexibility index (Phi) is 4.57. The van der Waals surface area contributed by atoms with Gasteiger partial charge in [-0.2, -0.15) is 0 Å². The molecule has 1 aliphatic carbocycles. The lowest BCUT2D eigenvalue weighted by atomic mass is 10.0. The summed E-state index contributed by atoms with van der Waals surface area (Å²) in [5.41, 5.74) is -0.165. The van der Waals surface area contributed by atoms with Crippen molar-refractivity contribution in [1.82, 2.24) is 4.98 Å². The minimum atomic E-state index is -0.886. The Labute approximate surface area is 120 Å². The van der Waals surface area contributed by atoms with E-state index < -0.39 is 23.1 Å². The van der Waals surface area contributed by atoms with E-state index >= 15 is 0 Å². The van der Waals surface area contributed by atoms with Gasteiger partial charge in [-0.1, -0.05) is 6.92 Å². The third-order valence-corrected chi connectivity index (χ3v) is 3.07. The minimum absolute atomic E-state index is 0.00748. The highest BCUT2D eigenvalue weighted by Gasteiger charge is 2.23. The third-order valence-electron chi connectivity index (χ3n) is 3.07. The molecule has 1 amide bonds. The maximum Gasteiger partial charge on any atom is 0.262 e. The lowest BCUT2D eigenvalue weighted by molar-refractivity contribution is -0.112. The quantitative estimate of drug-likeness (QED) is 0.864. The van der Waals surface area contributed by atoms with Crippen molar-refractivity contribution in [2.24, 2.45) is 0 Å². The molecule has 0 atom stereocenters. The molecular weight excluding hydrogens is 278 g/mol. The summed E-state index contributed by atoms with van der Waals surface area (Å²) in [7, 11) is 0. The van der Waals surface area contributed by atoms with E-state index in [-0.39, 0.29) is 24.4 Å². The lowest BCUT2D eigenvalue weighted by Crippen LogP contribution is -2.18. The Bertz CT molecular complexity index is 634. The number of ketones is 1. The van der Waals surface area contributed by atoms with Gasteiger partial charge in [-0.05, 0) is 24.6 Å². The molecule has 0 fully saturated rings. The maximum absolute atomic E-state index is 13.5. The number of nitrogens with one attached hydrogen (secondary N) is 1. The number of halogens is 2. The molecular formula is C15H14F2N2O2. The van der Waals surface area contributed by atoms with E-state index in [2.05, 4.69) is 10.3 Å². The van der Waals surface area contributed by atoms with Gasteiger partial charge in [0.25, 0.3) is 5.91 Å². The predicted octanol–water partition coefficient (Wildman–Crippen LogP) is 3.48. The fraction of sp³-hybridized carbons (Fsp3) is 0.267. The third kappa shape index (κ3) is 3.39. The summed E-state index contributed by atoms with van der Waals surface area (Å²) in [6, 6.07) is 2.93. The zero-order chi connectivity index (χ0) is 15.4. The standard InChI is InChI=1S/C15H14F2N2O2/c1-2-12(20)9-6-7-13(18-8-9)19-15(21)14-10(16)4-3-5-11(14)17/h4,6-8H,2-3,5H2,1H3,(H,18,19,21). The fourth-order valence-electron chi connectivity index (χ4n) is 1.93. The zero-order valence-corrected chi connectivity index (χ0v) is 11.5. The van der Waals surface area contributed by atoms with Gasteiger partial charge in [-0.3, -0.25) is 9.59 Å². The number of rotatable bonds is 4. The number of nitrogens with zero attached hydrogens (tertiary/aromatic N) is 1. The number of carbonyl (C=O) groups excluding carboxylic acids is 2. The number of hydrogen-bond donors (Lipinski definition) is 1. The molecule has 0 unspecified atom stereocenters. The van der Waals surface area contributed by atoms with Crippen molar-refractivity contribution >= 4 is 17.5 Å². The van der Waals surface area contributed by atoms with Crippen LogP contribution in [0.2, 0.25) is 0 Å². The zero-order valence-electron chi connectivity index (χ0n) is 11.5. The van der Waals surface area contributed by atoms with Gasteiger partial charge in [0.15, 0.2) is 5.78 Å². The van der Waals surface area contributed by atoms with Crippen LogP contribution in [0.4, 0.5) is 14.6 Å². The van der Waals surface area contributed by atoms with Gasteiger partial charge in [-0.25, -0.2) is 13.8 Å². The van der Waals surface area contributed by atoms with Crippen LogP contribution in [-0.2, 0) is 4.79 Å². The predicted molar refractivity (Wildman–Crippen MR) is 74.0 cm³/mol. The summed E-state index contributed by atoms with van der Waals surface area (Å²) >= 11 is 0. The monoisotopic (exact) mass is 292 g/mol. The molecule has 1 heterocycles. The molecule has 1 N–H and O–H groups in total. The van der Waals surface area contributed by atoms with Gasteiger partial charge in [0, 0.05) is 24.6 Å². The van der Waals surface area contributed by atoms with Crippen LogP contribution in [-0.4, -0.2) is 16.7 Å². The molecule has 1 aliphatic rings. The Balaban J connectivity index is 2.13. The number of pyridine rings is 1. The van der Waals surface area contributed by atoms with Crippen molar-refractivity contribution < 1.29 is 18.4 Å². The Hall–Kier alpha value is -2.37. The van der Waals surface area contributed by atoms with E-state index in [1.54, 1.807) is 6.92 Å². The van der Waals surface area contributed by atoms with Crippen LogP contribution < -0.4 is 5.32 Å². The van der Waals surface area contributed by atoms with Gasteiger partial charge < -0.3 is 5.32 Å². The Morgan fingerprint density at radius 2 is 2.10 bits per heavy atom. The van der Waals surface area contributed by atoms with Crippen molar-refractivity contribution in [2.75, 3.05) is 5.32 Å².